The van der Waals surface area contributed by atoms with Crippen LogP contribution in [0.25, 0.3) is 22.6 Å². The maximum Gasteiger partial charge on any atom is 0.166 e. The first-order valence-electron chi connectivity index (χ1n) is 4.80. The Labute approximate surface area is 106 Å². The zero-order chi connectivity index (χ0) is 11.0. The van der Waals surface area contributed by atoms with E-state index in [0.717, 1.165) is 26.1 Å². The van der Waals surface area contributed by atoms with Crippen LogP contribution in [-0.4, -0.2) is 9.97 Å². The zero-order valence-electron chi connectivity index (χ0n) is 8.22. The minimum Gasteiger partial charge on any atom is -0.452 e. The third-order valence-electron chi connectivity index (χ3n) is 2.28. The first-order chi connectivity index (χ1) is 7.84. The highest BCUT2D eigenvalue weighted by molar-refractivity contribution is 14.1. The van der Waals surface area contributed by atoms with Crippen LogP contribution in [-0.2, 0) is 0 Å². The molecule has 0 aliphatic rings. The predicted molar refractivity (Wildman–Crippen MR) is 70.0 cm³/mol. The molecule has 0 spiro atoms. The molecule has 3 nitrogen and oxygen atoms in total. The fourth-order valence-corrected chi connectivity index (χ4v) is 2.09. The lowest BCUT2D eigenvalue weighted by Crippen LogP contribution is -1.76. The number of rotatable bonds is 1. The molecule has 0 N–H and O–H groups in total. The second kappa shape index (κ2) is 3.86. The number of pyridine rings is 2. The summed E-state index contributed by atoms with van der Waals surface area (Å²) in [5.74, 6) is 0.757. The van der Waals surface area contributed by atoms with Crippen molar-refractivity contribution in [1.29, 1.82) is 0 Å². The average Bonchev–Trinajstić information content (AvgIpc) is 2.76. The average molecular weight is 322 g/mol. The molecule has 4 heteroatoms. The van der Waals surface area contributed by atoms with E-state index >= 15 is 0 Å². The van der Waals surface area contributed by atoms with Crippen LogP contribution in [0, 0.1) is 3.57 Å². The topological polar surface area (TPSA) is 38.9 Å². The summed E-state index contributed by atoms with van der Waals surface area (Å²) in [7, 11) is 0. The Morgan fingerprint density at radius 2 is 2.00 bits per heavy atom. The molecule has 0 saturated heterocycles. The zero-order valence-corrected chi connectivity index (χ0v) is 10.4. The van der Waals surface area contributed by atoms with Crippen LogP contribution in [0.15, 0.2) is 47.1 Å². The monoisotopic (exact) mass is 322 g/mol. The quantitative estimate of drug-likeness (QED) is 0.644. The third-order valence-corrected chi connectivity index (χ3v) is 3.13. The molecule has 0 unspecified atom stereocenters. The summed E-state index contributed by atoms with van der Waals surface area (Å²) in [6.45, 7) is 0. The minimum absolute atomic E-state index is 0.757. The van der Waals surface area contributed by atoms with E-state index in [4.69, 9.17) is 4.42 Å². The number of halogens is 1. The van der Waals surface area contributed by atoms with Gasteiger partial charge in [-0.3, -0.25) is 9.97 Å². The van der Waals surface area contributed by atoms with Gasteiger partial charge in [0.1, 0.15) is 11.2 Å². The van der Waals surface area contributed by atoms with Crippen LogP contribution in [0.1, 0.15) is 0 Å². The Morgan fingerprint density at radius 3 is 2.75 bits per heavy atom. The number of nitrogens with zero attached hydrogens (tertiary/aromatic N) is 2. The fraction of sp³-hybridized carbons (Fsp3) is 0. The summed E-state index contributed by atoms with van der Waals surface area (Å²) in [5.41, 5.74) is 2.52. The molecule has 16 heavy (non-hydrogen) atoms. The Kier molecular flexibility index (Phi) is 2.36. The molecule has 0 amide bonds. The van der Waals surface area contributed by atoms with Gasteiger partial charge in [-0.25, -0.2) is 0 Å². The van der Waals surface area contributed by atoms with Crippen LogP contribution in [0.5, 0.6) is 0 Å². The van der Waals surface area contributed by atoms with Gasteiger partial charge in [0.15, 0.2) is 11.3 Å². The van der Waals surface area contributed by atoms with Crippen molar-refractivity contribution in [3.63, 3.8) is 0 Å². The van der Waals surface area contributed by atoms with Gasteiger partial charge >= 0.3 is 0 Å². The largest absolute Gasteiger partial charge is 0.452 e. The molecule has 0 bridgehead atoms. The highest BCUT2D eigenvalue weighted by Gasteiger charge is 2.09. The summed E-state index contributed by atoms with van der Waals surface area (Å²) in [6.07, 6.45) is 3.53. The smallest absolute Gasteiger partial charge is 0.166 e. The molecule has 78 valence electrons. The molecule has 0 saturated carbocycles. The van der Waals surface area contributed by atoms with Crippen LogP contribution >= 0.6 is 22.6 Å². The van der Waals surface area contributed by atoms with Crippen molar-refractivity contribution in [2.45, 2.75) is 0 Å². The van der Waals surface area contributed by atoms with E-state index in [1.807, 2.05) is 30.3 Å². The lowest BCUT2D eigenvalue weighted by Gasteiger charge is -1.93. The Morgan fingerprint density at radius 1 is 1.06 bits per heavy atom. The number of hydrogen-bond acceptors (Lipinski definition) is 3. The number of fused-ring (bicyclic) bond motifs is 1. The Hall–Kier alpha value is -1.43. The molecule has 3 aromatic rings. The number of furan rings is 1. The molecule has 0 aliphatic heterocycles. The van der Waals surface area contributed by atoms with Crippen LogP contribution in [0.4, 0.5) is 0 Å². The van der Waals surface area contributed by atoms with Crippen molar-refractivity contribution < 1.29 is 4.42 Å². The maximum absolute atomic E-state index is 5.75. The molecule has 0 aromatic carbocycles. The Balaban J connectivity index is 2.23. The molecule has 3 rings (SSSR count). The lowest BCUT2D eigenvalue weighted by atomic mass is 10.3. The van der Waals surface area contributed by atoms with Gasteiger partial charge < -0.3 is 4.42 Å². The van der Waals surface area contributed by atoms with Gasteiger partial charge in [0.05, 0.1) is 3.57 Å². The van der Waals surface area contributed by atoms with E-state index in [2.05, 4.69) is 32.6 Å². The van der Waals surface area contributed by atoms with E-state index in [-0.39, 0.29) is 0 Å². The standard InChI is InChI=1S/C12H7IN2O/c13-8-4-6-15-10-7-11(16-12(8)10)9-3-1-2-5-14-9/h1-7H. The molecular formula is C12H7IN2O. The molecule has 0 aliphatic carbocycles. The van der Waals surface area contributed by atoms with Gasteiger partial charge in [-0.15, -0.1) is 0 Å². The first kappa shape index (κ1) is 9.77. The second-order valence-corrected chi connectivity index (χ2v) is 4.49. The van der Waals surface area contributed by atoms with E-state index in [9.17, 15) is 0 Å². The van der Waals surface area contributed by atoms with Gasteiger partial charge in [-0.1, -0.05) is 6.07 Å². The molecule has 0 atom stereocenters. The van der Waals surface area contributed by atoms with Crippen molar-refractivity contribution >= 4 is 33.7 Å². The summed E-state index contributed by atoms with van der Waals surface area (Å²) in [5, 5.41) is 0. The first-order valence-corrected chi connectivity index (χ1v) is 5.88. The summed E-state index contributed by atoms with van der Waals surface area (Å²) in [6, 6.07) is 9.58. The molecule has 0 fully saturated rings. The van der Waals surface area contributed by atoms with Crippen LogP contribution < -0.4 is 0 Å². The lowest BCUT2D eigenvalue weighted by molar-refractivity contribution is 0.626. The van der Waals surface area contributed by atoms with Crippen molar-refractivity contribution in [3.05, 3.63) is 46.3 Å². The molecule has 0 radical (unpaired) electrons. The van der Waals surface area contributed by atoms with E-state index in [0.29, 0.717) is 0 Å². The summed E-state index contributed by atoms with van der Waals surface area (Å²) < 4.78 is 6.81. The van der Waals surface area contributed by atoms with Gasteiger partial charge in [0, 0.05) is 18.5 Å². The van der Waals surface area contributed by atoms with Crippen molar-refractivity contribution in [2.75, 3.05) is 0 Å². The third kappa shape index (κ3) is 1.59. The molecular weight excluding hydrogens is 315 g/mol. The summed E-state index contributed by atoms with van der Waals surface area (Å²) >= 11 is 2.24. The normalized spacial score (nSPS) is 10.8. The maximum atomic E-state index is 5.75. The van der Waals surface area contributed by atoms with Crippen molar-refractivity contribution in [2.24, 2.45) is 0 Å². The number of hydrogen-bond donors (Lipinski definition) is 0. The highest BCUT2D eigenvalue weighted by Crippen LogP contribution is 2.27. The fourth-order valence-electron chi connectivity index (χ4n) is 1.54. The van der Waals surface area contributed by atoms with Crippen LogP contribution in [0.2, 0.25) is 0 Å². The second-order valence-electron chi connectivity index (χ2n) is 3.33. The van der Waals surface area contributed by atoms with E-state index < -0.39 is 0 Å². The van der Waals surface area contributed by atoms with E-state index in [1.165, 1.54) is 0 Å². The molecule has 3 heterocycles. The minimum atomic E-state index is 0.757. The highest BCUT2D eigenvalue weighted by atomic mass is 127. The molecule has 3 aromatic heterocycles. The van der Waals surface area contributed by atoms with E-state index in [1.54, 1.807) is 12.4 Å². The van der Waals surface area contributed by atoms with Gasteiger partial charge in [-0.2, -0.15) is 0 Å². The predicted octanol–water partition coefficient (Wildman–Crippen LogP) is 3.49. The summed E-state index contributed by atoms with van der Waals surface area (Å²) in [4.78, 5) is 8.51. The van der Waals surface area contributed by atoms with Gasteiger partial charge in [0.2, 0.25) is 0 Å². The SMILES string of the molecule is Ic1ccnc2cc(-c3ccccn3)oc12. The number of aromatic nitrogens is 2. The van der Waals surface area contributed by atoms with Crippen molar-refractivity contribution in [3.8, 4) is 11.5 Å². The Bertz CT molecular complexity index is 634. The van der Waals surface area contributed by atoms with Gasteiger partial charge in [0.25, 0.3) is 0 Å². The van der Waals surface area contributed by atoms with Gasteiger partial charge in [-0.05, 0) is 40.8 Å². The van der Waals surface area contributed by atoms with Crippen molar-refractivity contribution in [1.82, 2.24) is 9.97 Å². The van der Waals surface area contributed by atoms with Crippen LogP contribution in [0.3, 0.4) is 0 Å².